The molecule has 1 atom stereocenters. The fourth-order valence-electron chi connectivity index (χ4n) is 2.39. The number of sulfone groups is 1. The van der Waals surface area contributed by atoms with Crippen LogP contribution in [0.3, 0.4) is 0 Å². The van der Waals surface area contributed by atoms with Gasteiger partial charge in [-0.15, -0.1) is 0 Å². The number of ether oxygens (including phenoxy) is 1. The maximum absolute atomic E-state index is 12.3. The van der Waals surface area contributed by atoms with Crippen molar-refractivity contribution < 1.29 is 13.2 Å². The highest BCUT2D eigenvalue weighted by Gasteiger charge is 2.36. The summed E-state index contributed by atoms with van der Waals surface area (Å²) in [7, 11) is 0.398. The van der Waals surface area contributed by atoms with Crippen LogP contribution in [-0.2, 0) is 14.6 Å². The van der Waals surface area contributed by atoms with Crippen LogP contribution in [0.1, 0.15) is 39.5 Å². The van der Waals surface area contributed by atoms with Crippen LogP contribution in [-0.4, -0.2) is 45.2 Å². The fourth-order valence-corrected chi connectivity index (χ4v) is 4.75. The zero-order valence-corrected chi connectivity index (χ0v) is 12.1. The van der Waals surface area contributed by atoms with Crippen molar-refractivity contribution in [3.05, 3.63) is 0 Å². The van der Waals surface area contributed by atoms with E-state index in [4.69, 9.17) is 4.74 Å². The molecule has 0 amide bonds. The molecule has 1 aliphatic rings. The summed E-state index contributed by atoms with van der Waals surface area (Å²) in [4.78, 5) is 0. The first-order valence-electron chi connectivity index (χ1n) is 6.27. The first kappa shape index (κ1) is 14.9. The number of methoxy groups -OCH3 is 1. The third-order valence-corrected chi connectivity index (χ3v) is 6.21. The van der Waals surface area contributed by atoms with Crippen LogP contribution >= 0.6 is 0 Å². The van der Waals surface area contributed by atoms with Gasteiger partial charge in [0, 0.05) is 13.2 Å². The van der Waals surface area contributed by atoms with E-state index >= 15 is 0 Å². The minimum Gasteiger partial charge on any atom is -0.377 e. The third-order valence-electron chi connectivity index (χ3n) is 3.92. The topological polar surface area (TPSA) is 55.4 Å². The van der Waals surface area contributed by atoms with Crippen molar-refractivity contribution in [1.29, 1.82) is 0 Å². The summed E-state index contributed by atoms with van der Waals surface area (Å²) >= 11 is 0. The first-order valence-corrected chi connectivity index (χ1v) is 7.99. The molecule has 1 rings (SSSR count). The molecule has 0 aromatic heterocycles. The molecule has 0 heterocycles. The van der Waals surface area contributed by atoms with Crippen molar-refractivity contribution in [3.8, 4) is 0 Å². The van der Waals surface area contributed by atoms with Crippen molar-refractivity contribution in [2.45, 2.75) is 56.4 Å². The van der Waals surface area contributed by atoms with Gasteiger partial charge in [-0.3, -0.25) is 0 Å². The molecular weight excluding hydrogens is 238 g/mol. The van der Waals surface area contributed by atoms with E-state index in [9.17, 15) is 8.42 Å². The molecular formula is C12H25NO3S. The van der Waals surface area contributed by atoms with Gasteiger partial charge in [-0.25, -0.2) is 8.42 Å². The van der Waals surface area contributed by atoms with Gasteiger partial charge < -0.3 is 10.1 Å². The molecule has 0 radical (unpaired) electrons. The first-order chi connectivity index (χ1) is 7.83. The summed E-state index contributed by atoms with van der Waals surface area (Å²) in [6, 6.07) is -0.168. The van der Waals surface area contributed by atoms with Crippen LogP contribution in [0.4, 0.5) is 0 Å². The fraction of sp³-hybridized carbons (Fsp3) is 1.00. The molecule has 5 heteroatoms. The normalized spacial score (nSPS) is 20.7. The average Bonchev–Trinajstić information content (AvgIpc) is 2.79. The molecule has 0 aromatic carbocycles. The Balaban J connectivity index is 2.73. The van der Waals surface area contributed by atoms with Crippen LogP contribution in [0.25, 0.3) is 0 Å². The molecule has 0 aromatic rings. The zero-order valence-electron chi connectivity index (χ0n) is 11.3. The molecule has 1 N–H and O–H groups in total. The number of rotatable bonds is 6. The maximum Gasteiger partial charge on any atom is 0.154 e. The van der Waals surface area contributed by atoms with Crippen LogP contribution in [0, 0.1) is 0 Å². The number of nitrogens with one attached hydrogen (secondary N) is 1. The Labute approximate surface area is 105 Å². The lowest BCUT2D eigenvalue weighted by molar-refractivity contribution is -0.00205. The van der Waals surface area contributed by atoms with Gasteiger partial charge in [-0.1, -0.05) is 12.8 Å². The Morgan fingerprint density at radius 2 is 1.88 bits per heavy atom. The Morgan fingerprint density at radius 3 is 2.29 bits per heavy atom. The summed E-state index contributed by atoms with van der Waals surface area (Å²) < 4.78 is 29.9. The quantitative estimate of drug-likeness (QED) is 0.786. The van der Waals surface area contributed by atoms with E-state index < -0.39 is 15.4 Å². The second-order valence-electron chi connectivity index (χ2n) is 5.38. The van der Waals surface area contributed by atoms with Gasteiger partial charge in [-0.05, 0) is 33.7 Å². The monoisotopic (exact) mass is 263 g/mol. The number of hydrogen-bond donors (Lipinski definition) is 1. The second kappa shape index (κ2) is 5.67. The van der Waals surface area contributed by atoms with Gasteiger partial charge in [0.15, 0.2) is 9.84 Å². The Hall–Kier alpha value is -0.130. The van der Waals surface area contributed by atoms with Crippen molar-refractivity contribution in [1.82, 2.24) is 5.32 Å². The lowest BCUT2D eigenvalue weighted by atomic mass is 10.0. The van der Waals surface area contributed by atoms with E-state index in [-0.39, 0.29) is 17.0 Å². The van der Waals surface area contributed by atoms with E-state index in [0.717, 1.165) is 25.7 Å². The van der Waals surface area contributed by atoms with Gasteiger partial charge in [0.25, 0.3) is 0 Å². The molecule has 1 aliphatic carbocycles. The molecule has 17 heavy (non-hydrogen) atoms. The molecule has 0 saturated heterocycles. The standard InChI is InChI=1S/C12H25NO3S/c1-12(2,16-4)11(13-3)9-17(14,15)10-7-5-6-8-10/h10-11,13H,5-9H2,1-4H3. The lowest BCUT2D eigenvalue weighted by Crippen LogP contribution is -2.51. The average molecular weight is 263 g/mol. The highest BCUT2D eigenvalue weighted by molar-refractivity contribution is 7.92. The predicted octanol–water partition coefficient (Wildman–Crippen LogP) is 1.36. The second-order valence-corrected chi connectivity index (χ2v) is 7.71. The number of likely N-dealkylation sites (N-methyl/N-ethyl adjacent to an activating group) is 1. The summed E-state index contributed by atoms with van der Waals surface area (Å²) in [6.45, 7) is 3.83. The smallest absolute Gasteiger partial charge is 0.154 e. The van der Waals surface area contributed by atoms with Crippen LogP contribution in [0.15, 0.2) is 0 Å². The van der Waals surface area contributed by atoms with Gasteiger partial charge in [0.1, 0.15) is 0 Å². The van der Waals surface area contributed by atoms with E-state index in [1.807, 2.05) is 13.8 Å². The van der Waals surface area contributed by atoms with Crippen molar-refractivity contribution in [2.75, 3.05) is 19.9 Å². The van der Waals surface area contributed by atoms with E-state index in [2.05, 4.69) is 5.32 Å². The third kappa shape index (κ3) is 3.66. The van der Waals surface area contributed by atoms with Gasteiger partial charge >= 0.3 is 0 Å². The molecule has 1 saturated carbocycles. The highest BCUT2D eigenvalue weighted by atomic mass is 32.2. The molecule has 102 valence electrons. The summed E-state index contributed by atoms with van der Waals surface area (Å²) in [5.74, 6) is 0.162. The van der Waals surface area contributed by atoms with Gasteiger partial charge in [0.05, 0.1) is 16.6 Å². The molecule has 0 bridgehead atoms. The minimum absolute atomic E-state index is 0.133. The maximum atomic E-state index is 12.3. The number of hydrogen-bond acceptors (Lipinski definition) is 4. The van der Waals surface area contributed by atoms with Gasteiger partial charge in [-0.2, -0.15) is 0 Å². The Kier molecular flexibility index (Phi) is 4.98. The Bertz CT molecular complexity index is 332. The summed E-state index contributed by atoms with van der Waals surface area (Å²) in [6.07, 6.45) is 3.74. The highest BCUT2D eigenvalue weighted by Crippen LogP contribution is 2.27. The lowest BCUT2D eigenvalue weighted by Gasteiger charge is -2.33. The van der Waals surface area contributed by atoms with E-state index in [1.165, 1.54) is 0 Å². The molecule has 1 unspecified atom stereocenters. The minimum atomic E-state index is -3.01. The van der Waals surface area contributed by atoms with Crippen LogP contribution in [0.2, 0.25) is 0 Å². The molecule has 1 fully saturated rings. The summed E-state index contributed by atoms with van der Waals surface area (Å²) in [5, 5.41) is 2.94. The van der Waals surface area contributed by atoms with Crippen molar-refractivity contribution in [2.24, 2.45) is 0 Å². The SMILES string of the molecule is CNC(CS(=O)(=O)C1CCCC1)C(C)(C)OC. The van der Waals surface area contributed by atoms with Crippen LogP contribution in [0.5, 0.6) is 0 Å². The van der Waals surface area contributed by atoms with E-state index in [1.54, 1.807) is 14.2 Å². The van der Waals surface area contributed by atoms with E-state index in [0.29, 0.717) is 0 Å². The molecule has 4 nitrogen and oxygen atoms in total. The zero-order chi connectivity index (χ0) is 13.1. The largest absolute Gasteiger partial charge is 0.377 e. The molecule has 0 spiro atoms. The predicted molar refractivity (Wildman–Crippen MR) is 70.0 cm³/mol. The van der Waals surface area contributed by atoms with Crippen molar-refractivity contribution in [3.63, 3.8) is 0 Å². The van der Waals surface area contributed by atoms with Crippen molar-refractivity contribution >= 4 is 9.84 Å². The molecule has 0 aliphatic heterocycles. The Morgan fingerprint density at radius 1 is 1.35 bits per heavy atom. The van der Waals surface area contributed by atoms with Gasteiger partial charge in [0.2, 0.25) is 0 Å². The van der Waals surface area contributed by atoms with Crippen LogP contribution < -0.4 is 5.32 Å². The summed E-state index contributed by atoms with van der Waals surface area (Å²) in [5.41, 5.74) is -0.472.